The van der Waals surface area contributed by atoms with E-state index in [0.29, 0.717) is 15.5 Å². The molecule has 0 unspecified atom stereocenters. The van der Waals surface area contributed by atoms with Crippen LogP contribution in [0.3, 0.4) is 0 Å². The fourth-order valence-corrected chi connectivity index (χ4v) is 3.09. The summed E-state index contributed by atoms with van der Waals surface area (Å²) in [5, 5.41) is 11.8. The van der Waals surface area contributed by atoms with Crippen molar-refractivity contribution in [1.82, 2.24) is 0 Å². The molecule has 0 saturated carbocycles. The van der Waals surface area contributed by atoms with E-state index in [1.807, 2.05) is 31.2 Å². The van der Waals surface area contributed by atoms with Crippen LogP contribution in [0.4, 0.5) is 5.69 Å². The standard InChI is InChI=1S/C14H12ClNO2S/c1-9-7-10(2)14(16(17)18)13(8-9)19-12-5-3-11(15)4-6-12/h3-8H,1-2H3. The molecule has 19 heavy (non-hydrogen) atoms. The van der Waals surface area contributed by atoms with Crippen LogP contribution in [0.5, 0.6) is 0 Å². The van der Waals surface area contributed by atoms with Crippen molar-refractivity contribution in [2.45, 2.75) is 23.6 Å². The Morgan fingerprint density at radius 1 is 1.16 bits per heavy atom. The van der Waals surface area contributed by atoms with Gasteiger partial charge >= 0.3 is 0 Å². The number of hydrogen-bond donors (Lipinski definition) is 0. The van der Waals surface area contributed by atoms with Crippen LogP contribution in [0.15, 0.2) is 46.2 Å². The molecule has 5 heteroatoms. The average molecular weight is 294 g/mol. The predicted octanol–water partition coefficient (Wildman–Crippen LogP) is 5.02. The van der Waals surface area contributed by atoms with Crippen LogP contribution in [0, 0.1) is 24.0 Å². The molecule has 0 N–H and O–H groups in total. The van der Waals surface area contributed by atoms with Crippen molar-refractivity contribution in [3.8, 4) is 0 Å². The lowest BCUT2D eigenvalue weighted by molar-refractivity contribution is -0.388. The maximum atomic E-state index is 11.2. The first-order valence-electron chi connectivity index (χ1n) is 5.66. The molecule has 2 aromatic carbocycles. The van der Waals surface area contributed by atoms with Crippen LogP contribution in [0.2, 0.25) is 5.02 Å². The molecule has 0 aliphatic rings. The number of benzene rings is 2. The highest BCUT2D eigenvalue weighted by molar-refractivity contribution is 7.99. The molecule has 2 aromatic rings. The maximum Gasteiger partial charge on any atom is 0.286 e. The van der Waals surface area contributed by atoms with Crippen LogP contribution in [-0.2, 0) is 0 Å². The molecule has 0 atom stereocenters. The second kappa shape index (κ2) is 5.63. The number of hydrogen-bond acceptors (Lipinski definition) is 3. The molecule has 2 rings (SSSR count). The van der Waals surface area contributed by atoms with Gasteiger partial charge in [0.1, 0.15) is 0 Å². The first-order chi connectivity index (χ1) is 8.97. The minimum Gasteiger partial charge on any atom is -0.258 e. The van der Waals surface area contributed by atoms with Crippen LogP contribution in [0.25, 0.3) is 0 Å². The second-order valence-corrected chi connectivity index (χ2v) is 5.79. The van der Waals surface area contributed by atoms with Crippen molar-refractivity contribution >= 4 is 29.1 Å². The van der Waals surface area contributed by atoms with Gasteiger partial charge < -0.3 is 0 Å². The van der Waals surface area contributed by atoms with E-state index < -0.39 is 0 Å². The average Bonchev–Trinajstić information content (AvgIpc) is 2.30. The van der Waals surface area contributed by atoms with Gasteiger partial charge in [0.2, 0.25) is 0 Å². The number of rotatable bonds is 3. The topological polar surface area (TPSA) is 43.1 Å². The van der Waals surface area contributed by atoms with E-state index in [1.54, 1.807) is 19.1 Å². The predicted molar refractivity (Wildman–Crippen MR) is 78.1 cm³/mol. The summed E-state index contributed by atoms with van der Waals surface area (Å²) in [4.78, 5) is 12.4. The maximum absolute atomic E-state index is 11.2. The summed E-state index contributed by atoms with van der Waals surface area (Å²) in [5.74, 6) is 0. The van der Waals surface area contributed by atoms with E-state index in [9.17, 15) is 10.1 Å². The van der Waals surface area contributed by atoms with Gasteiger partial charge in [-0.15, -0.1) is 0 Å². The summed E-state index contributed by atoms with van der Waals surface area (Å²) >= 11 is 7.21. The van der Waals surface area contributed by atoms with Crippen molar-refractivity contribution in [1.29, 1.82) is 0 Å². The highest BCUT2D eigenvalue weighted by atomic mass is 35.5. The highest BCUT2D eigenvalue weighted by Gasteiger charge is 2.18. The van der Waals surface area contributed by atoms with Crippen LogP contribution < -0.4 is 0 Å². The Kier molecular flexibility index (Phi) is 4.12. The third kappa shape index (κ3) is 3.28. The minimum atomic E-state index is -0.326. The molecule has 3 nitrogen and oxygen atoms in total. The third-order valence-corrected chi connectivity index (χ3v) is 3.92. The van der Waals surface area contributed by atoms with Crippen LogP contribution in [0.1, 0.15) is 11.1 Å². The zero-order valence-electron chi connectivity index (χ0n) is 10.5. The lowest BCUT2D eigenvalue weighted by Gasteiger charge is -2.07. The second-order valence-electron chi connectivity index (χ2n) is 4.24. The smallest absolute Gasteiger partial charge is 0.258 e. The zero-order chi connectivity index (χ0) is 14.0. The first kappa shape index (κ1) is 13.9. The molecule has 0 radical (unpaired) electrons. The van der Waals surface area contributed by atoms with Gasteiger partial charge in [-0.2, -0.15) is 0 Å². The number of nitrogens with zero attached hydrogens (tertiary/aromatic N) is 1. The molecule has 0 amide bonds. The van der Waals surface area contributed by atoms with Crippen molar-refractivity contribution in [3.05, 3.63) is 62.7 Å². The molecule has 98 valence electrons. The SMILES string of the molecule is Cc1cc(C)c([N+](=O)[O-])c(Sc2ccc(Cl)cc2)c1. The number of halogens is 1. The largest absolute Gasteiger partial charge is 0.286 e. The number of aryl methyl sites for hydroxylation is 2. The van der Waals surface area contributed by atoms with Crippen molar-refractivity contribution in [3.63, 3.8) is 0 Å². The molecule has 0 aliphatic carbocycles. The molecule has 0 spiro atoms. The van der Waals surface area contributed by atoms with Gasteiger partial charge in [0.05, 0.1) is 9.82 Å². The lowest BCUT2D eigenvalue weighted by Crippen LogP contribution is -1.95. The van der Waals surface area contributed by atoms with Gasteiger partial charge in [-0.3, -0.25) is 10.1 Å². The Hall–Kier alpha value is -1.52. The molecule has 0 bridgehead atoms. The number of nitro benzene ring substituents is 1. The number of nitro groups is 1. The third-order valence-electron chi connectivity index (χ3n) is 2.63. The Morgan fingerprint density at radius 3 is 2.37 bits per heavy atom. The fourth-order valence-electron chi connectivity index (χ4n) is 1.86. The van der Waals surface area contributed by atoms with Gasteiger partial charge in [0, 0.05) is 15.5 Å². The summed E-state index contributed by atoms with van der Waals surface area (Å²) in [7, 11) is 0. The molecular formula is C14H12ClNO2S. The Bertz CT molecular complexity index is 626. The van der Waals surface area contributed by atoms with Gasteiger partial charge in [-0.05, 0) is 55.8 Å². The van der Waals surface area contributed by atoms with E-state index >= 15 is 0 Å². The summed E-state index contributed by atoms with van der Waals surface area (Å²) in [6.45, 7) is 3.69. The summed E-state index contributed by atoms with van der Waals surface area (Å²) in [6.07, 6.45) is 0. The van der Waals surface area contributed by atoms with E-state index in [2.05, 4.69) is 0 Å². The fraction of sp³-hybridized carbons (Fsp3) is 0.143. The lowest BCUT2D eigenvalue weighted by atomic mass is 10.1. The molecule has 0 fully saturated rings. The van der Waals surface area contributed by atoms with Crippen molar-refractivity contribution in [2.75, 3.05) is 0 Å². The molecule has 0 aliphatic heterocycles. The Balaban J connectivity index is 2.44. The van der Waals surface area contributed by atoms with Crippen LogP contribution in [-0.4, -0.2) is 4.92 Å². The molecule has 0 aromatic heterocycles. The van der Waals surface area contributed by atoms with Gasteiger partial charge in [0.25, 0.3) is 5.69 Å². The van der Waals surface area contributed by atoms with Crippen LogP contribution >= 0.6 is 23.4 Å². The highest BCUT2D eigenvalue weighted by Crippen LogP contribution is 2.37. The minimum absolute atomic E-state index is 0.172. The molecular weight excluding hydrogens is 282 g/mol. The van der Waals surface area contributed by atoms with Crippen molar-refractivity contribution < 1.29 is 4.92 Å². The van der Waals surface area contributed by atoms with E-state index in [1.165, 1.54) is 11.8 Å². The summed E-state index contributed by atoms with van der Waals surface area (Å²) in [5.41, 5.74) is 1.87. The first-order valence-corrected chi connectivity index (χ1v) is 6.86. The monoisotopic (exact) mass is 293 g/mol. The zero-order valence-corrected chi connectivity index (χ0v) is 12.1. The molecule has 0 heterocycles. The molecule has 0 saturated heterocycles. The van der Waals surface area contributed by atoms with E-state index in [4.69, 9.17) is 11.6 Å². The van der Waals surface area contributed by atoms with E-state index in [0.717, 1.165) is 10.5 Å². The van der Waals surface area contributed by atoms with Gasteiger partial charge in [-0.1, -0.05) is 23.4 Å². The normalized spacial score (nSPS) is 10.5. The van der Waals surface area contributed by atoms with E-state index in [-0.39, 0.29) is 10.6 Å². The quantitative estimate of drug-likeness (QED) is 0.590. The van der Waals surface area contributed by atoms with Gasteiger partial charge in [0.15, 0.2) is 0 Å². The van der Waals surface area contributed by atoms with Gasteiger partial charge in [-0.25, -0.2) is 0 Å². The van der Waals surface area contributed by atoms with Crippen molar-refractivity contribution in [2.24, 2.45) is 0 Å². The summed E-state index contributed by atoms with van der Waals surface area (Å²) in [6, 6.07) is 10.9. The Morgan fingerprint density at radius 2 is 1.79 bits per heavy atom. The Labute approximate surface area is 120 Å². The summed E-state index contributed by atoms with van der Waals surface area (Å²) < 4.78 is 0.